The van der Waals surface area contributed by atoms with E-state index >= 15 is 0 Å². The molecule has 1 aromatic heterocycles. The molecular formula is C12H20ClN3O. The van der Waals surface area contributed by atoms with Crippen molar-refractivity contribution in [2.45, 2.75) is 26.4 Å². The zero-order valence-corrected chi connectivity index (χ0v) is 11.3. The maximum atomic E-state index is 6.15. The highest BCUT2D eigenvalue weighted by molar-refractivity contribution is 6.31. The van der Waals surface area contributed by atoms with Gasteiger partial charge in [0.15, 0.2) is 0 Å². The summed E-state index contributed by atoms with van der Waals surface area (Å²) in [5.74, 6) is 0.777. The van der Waals surface area contributed by atoms with Crippen LogP contribution in [0.3, 0.4) is 0 Å². The Hall–Kier alpha value is -0.580. The van der Waals surface area contributed by atoms with Crippen LogP contribution in [-0.2, 0) is 18.4 Å². The molecule has 1 N–H and O–H groups in total. The van der Waals surface area contributed by atoms with E-state index in [4.69, 9.17) is 16.3 Å². The fraction of sp³-hybridized carbons (Fsp3) is 0.750. The molecule has 0 radical (unpaired) electrons. The summed E-state index contributed by atoms with van der Waals surface area (Å²) in [5, 5.41) is 8.35. The Morgan fingerprint density at radius 3 is 3.00 bits per heavy atom. The number of aryl methyl sites for hydroxylation is 2. The molecule has 0 saturated carbocycles. The van der Waals surface area contributed by atoms with E-state index < -0.39 is 0 Å². The number of ether oxygens (including phenoxy) is 1. The summed E-state index contributed by atoms with van der Waals surface area (Å²) in [6.07, 6.45) is 2.40. The topological polar surface area (TPSA) is 39.1 Å². The molecule has 2 heterocycles. The lowest BCUT2D eigenvalue weighted by molar-refractivity contribution is 0.104. The number of hydrogen-bond acceptors (Lipinski definition) is 3. The molecule has 1 aromatic rings. The molecule has 17 heavy (non-hydrogen) atoms. The zero-order chi connectivity index (χ0) is 12.3. The molecule has 0 spiro atoms. The average Bonchev–Trinajstić information content (AvgIpc) is 2.87. The van der Waals surface area contributed by atoms with Gasteiger partial charge in [-0.05, 0) is 38.8 Å². The van der Waals surface area contributed by atoms with Gasteiger partial charge < -0.3 is 10.1 Å². The SMILES string of the molecule is Cc1nn(C)c(COCCC2CCNC2)c1Cl. The normalized spacial score (nSPS) is 20.1. The monoisotopic (exact) mass is 257 g/mol. The Kier molecular flexibility index (Phi) is 4.42. The van der Waals surface area contributed by atoms with E-state index in [2.05, 4.69) is 10.4 Å². The highest BCUT2D eigenvalue weighted by atomic mass is 35.5. The van der Waals surface area contributed by atoms with Gasteiger partial charge in [0, 0.05) is 13.7 Å². The smallest absolute Gasteiger partial charge is 0.0899 e. The van der Waals surface area contributed by atoms with E-state index in [1.807, 2.05) is 14.0 Å². The Morgan fingerprint density at radius 2 is 2.41 bits per heavy atom. The minimum atomic E-state index is 0.552. The Labute approximate surface area is 107 Å². The lowest BCUT2D eigenvalue weighted by Gasteiger charge is -2.09. The van der Waals surface area contributed by atoms with Crippen molar-refractivity contribution in [3.63, 3.8) is 0 Å². The second kappa shape index (κ2) is 5.85. The highest BCUT2D eigenvalue weighted by Gasteiger charge is 2.14. The second-order valence-electron chi connectivity index (χ2n) is 4.67. The van der Waals surface area contributed by atoms with Gasteiger partial charge in [-0.1, -0.05) is 11.6 Å². The van der Waals surface area contributed by atoms with Gasteiger partial charge in [0.1, 0.15) is 0 Å². The van der Waals surface area contributed by atoms with Crippen LogP contribution < -0.4 is 5.32 Å². The van der Waals surface area contributed by atoms with Gasteiger partial charge in [-0.3, -0.25) is 4.68 Å². The van der Waals surface area contributed by atoms with Gasteiger partial charge in [0.05, 0.1) is 23.0 Å². The lowest BCUT2D eigenvalue weighted by atomic mass is 10.1. The first-order valence-corrected chi connectivity index (χ1v) is 6.52. The van der Waals surface area contributed by atoms with E-state index in [-0.39, 0.29) is 0 Å². The molecule has 0 aromatic carbocycles. The van der Waals surface area contributed by atoms with Crippen LogP contribution in [0.15, 0.2) is 0 Å². The molecule has 1 unspecified atom stereocenters. The van der Waals surface area contributed by atoms with Crippen LogP contribution in [0.25, 0.3) is 0 Å². The molecule has 0 aliphatic carbocycles. The minimum Gasteiger partial charge on any atom is -0.375 e. The molecule has 0 amide bonds. The van der Waals surface area contributed by atoms with Crippen molar-refractivity contribution < 1.29 is 4.74 Å². The van der Waals surface area contributed by atoms with Crippen LogP contribution in [-0.4, -0.2) is 29.5 Å². The van der Waals surface area contributed by atoms with Gasteiger partial charge in [-0.25, -0.2) is 0 Å². The highest BCUT2D eigenvalue weighted by Crippen LogP contribution is 2.20. The Morgan fingerprint density at radius 1 is 1.59 bits per heavy atom. The first kappa shape index (κ1) is 12.9. The van der Waals surface area contributed by atoms with Crippen LogP contribution >= 0.6 is 11.6 Å². The lowest BCUT2D eigenvalue weighted by Crippen LogP contribution is -2.11. The first-order chi connectivity index (χ1) is 8.18. The van der Waals surface area contributed by atoms with Crippen LogP contribution in [0.1, 0.15) is 24.2 Å². The maximum absolute atomic E-state index is 6.15. The van der Waals surface area contributed by atoms with Gasteiger partial charge in [0.2, 0.25) is 0 Å². The molecule has 2 rings (SSSR count). The van der Waals surface area contributed by atoms with Crippen molar-refractivity contribution in [3.8, 4) is 0 Å². The van der Waals surface area contributed by atoms with Gasteiger partial charge in [-0.15, -0.1) is 0 Å². The summed E-state index contributed by atoms with van der Waals surface area (Å²) in [5.41, 5.74) is 1.83. The van der Waals surface area contributed by atoms with Crippen molar-refractivity contribution in [3.05, 3.63) is 16.4 Å². The predicted molar refractivity (Wildman–Crippen MR) is 68.2 cm³/mol. The standard InChI is InChI=1S/C12H20ClN3O/c1-9-12(13)11(16(2)15-9)8-17-6-4-10-3-5-14-7-10/h10,14H,3-8H2,1-2H3. The van der Waals surface area contributed by atoms with Gasteiger partial charge in [0.25, 0.3) is 0 Å². The van der Waals surface area contributed by atoms with Crippen molar-refractivity contribution in [2.75, 3.05) is 19.7 Å². The van der Waals surface area contributed by atoms with E-state index in [0.29, 0.717) is 6.61 Å². The number of nitrogens with one attached hydrogen (secondary N) is 1. The van der Waals surface area contributed by atoms with Gasteiger partial charge in [-0.2, -0.15) is 5.10 Å². The summed E-state index contributed by atoms with van der Waals surface area (Å²) in [4.78, 5) is 0. The van der Waals surface area contributed by atoms with Crippen LogP contribution in [0.5, 0.6) is 0 Å². The molecular weight excluding hydrogens is 238 g/mol. The Balaban J connectivity index is 1.74. The molecule has 96 valence electrons. The minimum absolute atomic E-state index is 0.552. The quantitative estimate of drug-likeness (QED) is 0.819. The molecule has 1 fully saturated rings. The molecule has 1 atom stereocenters. The number of hydrogen-bond donors (Lipinski definition) is 1. The van der Waals surface area contributed by atoms with Crippen LogP contribution in [0, 0.1) is 12.8 Å². The van der Waals surface area contributed by atoms with Crippen molar-refractivity contribution in [2.24, 2.45) is 13.0 Å². The van der Waals surface area contributed by atoms with E-state index in [9.17, 15) is 0 Å². The molecule has 1 saturated heterocycles. The molecule has 0 bridgehead atoms. The zero-order valence-electron chi connectivity index (χ0n) is 10.5. The fourth-order valence-corrected chi connectivity index (χ4v) is 2.43. The molecule has 1 aliphatic heterocycles. The summed E-state index contributed by atoms with van der Waals surface area (Å²) in [6, 6.07) is 0. The largest absolute Gasteiger partial charge is 0.375 e. The number of nitrogens with zero attached hydrogens (tertiary/aromatic N) is 2. The average molecular weight is 258 g/mol. The number of halogens is 1. The predicted octanol–water partition coefficient (Wildman–Crippen LogP) is 1.90. The molecule has 4 nitrogen and oxygen atoms in total. The van der Waals surface area contributed by atoms with Gasteiger partial charge >= 0.3 is 0 Å². The number of aromatic nitrogens is 2. The molecule has 1 aliphatic rings. The van der Waals surface area contributed by atoms with Crippen LogP contribution in [0.2, 0.25) is 5.02 Å². The third kappa shape index (κ3) is 3.21. The van der Waals surface area contributed by atoms with Crippen molar-refractivity contribution in [1.29, 1.82) is 0 Å². The summed E-state index contributed by atoms with van der Waals surface area (Å²) >= 11 is 6.15. The van der Waals surface area contributed by atoms with E-state index in [1.165, 1.54) is 6.42 Å². The summed E-state index contributed by atoms with van der Waals surface area (Å²) < 4.78 is 7.48. The van der Waals surface area contributed by atoms with Crippen molar-refractivity contribution in [1.82, 2.24) is 15.1 Å². The van der Waals surface area contributed by atoms with Crippen LogP contribution in [0.4, 0.5) is 0 Å². The van der Waals surface area contributed by atoms with E-state index in [1.54, 1.807) is 4.68 Å². The van der Waals surface area contributed by atoms with E-state index in [0.717, 1.165) is 48.4 Å². The fourth-order valence-electron chi connectivity index (χ4n) is 2.22. The second-order valence-corrected chi connectivity index (χ2v) is 5.05. The third-order valence-corrected chi connectivity index (χ3v) is 3.82. The van der Waals surface area contributed by atoms with Crippen molar-refractivity contribution >= 4 is 11.6 Å². The summed E-state index contributed by atoms with van der Waals surface area (Å²) in [7, 11) is 1.90. The first-order valence-electron chi connectivity index (χ1n) is 6.15. The number of rotatable bonds is 5. The summed E-state index contributed by atoms with van der Waals surface area (Å²) in [6.45, 7) is 5.55. The third-order valence-electron chi connectivity index (χ3n) is 3.33. The maximum Gasteiger partial charge on any atom is 0.0899 e. The molecule has 5 heteroatoms. The Bertz CT molecular complexity index is 372.